The zero-order valence-corrected chi connectivity index (χ0v) is 13.6. The van der Waals surface area contributed by atoms with Gasteiger partial charge in [0, 0.05) is 25.0 Å². The second kappa shape index (κ2) is 7.62. The number of aliphatic hydroxyl groups excluding tert-OH is 1. The van der Waals surface area contributed by atoms with Crippen LogP contribution in [0.4, 0.5) is 0 Å². The zero-order chi connectivity index (χ0) is 16.1. The van der Waals surface area contributed by atoms with E-state index in [1.807, 2.05) is 35.0 Å². The van der Waals surface area contributed by atoms with E-state index in [-0.39, 0.29) is 0 Å². The Kier molecular flexibility index (Phi) is 5.31. The van der Waals surface area contributed by atoms with Crippen LogP contribution < -0.4 is 4.74 Å². The summed E-state index contributed by atoms with van der Waals surface area (Å²) in [5, 5.41) is 10.2. The number of likely N-dealkylation sites (tertiary alicyclic amines) is 1. The van der Waals surface area contributed by atoms with Crippen molar-refractivity contribution in [2.45, 2.75) is 25.9 Å². The van der Waals surface area contributed by atoms with Crippen LogP contribution >= 0.6 is 0 Å². The summed E-state index contributed by atoms with van der Waals surface area (Å²) in [6, 6.07) is 7.82. The van der Waals surface area contributed by atoms with Crippen molar-refractivity contribution in [2.75, 3.05) is 26.2 Å². The quantitative estimate of drug-likeness (QED) is 0.889. The van der Waals surface area contributed by atoms with Crippen LogP contribution in [0, 0.1) is 5.92 Å². The Balaban J connectivity index is 1.49. The van der Waals surface area contributed by atoms with E-state index in [4.69, 9.17) is 4.74 Å². The van der Waals surface area contributed by atoms with Crippen LogP contribution in [0.1, 0.15) is 19.8 Å². The van der Waals surface area contributed by atoms with E-state index in [0.29, 0.717) is 13.2 Å². The molecule has 1 aromatic carbocycles. The Hall–Kier alpha value is -1.85. The number of benzene rings is 1. The fourth-order valence-corrected chi connectivity index (χ4v) is 2.93. The molecule has 3 rings (SSSR count). The van der Waals surface area contributed by atoms with Gasteiger partial charge in [-0.25, -0.2) is 4.98 Å². The Morgan fingerprint density at radius 3 is 2.91 bits per heavy atom. The molecule has 1 aromatic heterocycles. The number of hydrogen-bond acceptors (Lipinski definition) is 4. The van der Waals surface area contributed by atoms with Gasteiger partial charge in [-0.1, -0.05) is 13.0 Å². The molecule has 1 N–H and O–H groups in total. The molecule has 1 saturated heterocycles. The average Bonchev–Trinajstić information content (AvgIpc) is 3.10. The summed E-state index contributed by atoms with van der Waals surface area (Å²) in [5.41, 5.74) is 1.000. The van der Waals surface area contributed by atoms with E-state index in [1.165, 1.54) is 12.8 Å². The summed E-state index contributed by atoms with van der Waals surface area (Å²) in [7, 11) is 0. The minimum Gasteiger partial charge on any atom is -0.491 e. The first kappa shape index (κ1) is 16.0. The lowest BCUT2D eigenvalue weighted by Crippen LogP contribution is -2.40. The highest BCUT2D eigenvalue weighted by Gasteiger charge is 2.18. The van der Waals surface area contributed by atoms with Gasteiger partial charge in [-0.15, -0.1) is 0 Å². The van der Waals surface area contributed by atoms with Gasteiger partial charge >= 0.3 is 0 Å². The Bertz CT molecular complexity index is 592. The number of rotatable bonds is 6. The second-order valence-electron chi connectivity index (χ2n) is 6.42. The molecule has 1 atom stereocenters. The predicted molar refractivity (Wildman–Crippen MR) is 89.9 cm³/mol. The molecular weight excluding hydrogens is 290 g/mol. The van der Waals surface area contributed by atoms with E-state index in [0.717, 1.165) is 30.4 Å². The molecule has 0 aliphatic carbocycles. The molecule has 1 aliphatic rings. The summed E-state index contributed by atoms with van der Waals surface area (Å²) in [4.78, 5) is 6.38. The van der Waals surface area contributed by atoms with Gasteiger partial charge < -0.3 is 19.3 Å². The van der Waals surface area contributed by atoms with Gasteiger partial charge in [0.2, 0.25) is 0 Å². The number of ether oxygens (including phenoxy) is 1. The maximum Gasteiger partial charge on any atom is 0.121 e. The molecule has 1 aliphatic heterocycles. The highest BCUT2D eigenvalue weighted by molar-refractivity contribution is 5.39. The average molecular weight is 315 g/mol. The molecule has 0 spiro atoms. The smallest absolute Gasteiger partial charge is 0.121 e. The van der Waals surface area contributed by atoms with Gasteiger partial charge in [0.1, 0.15) is 18.5 Å². The van der Waals surface area contributed by atoms with Crippen molar-refractivity contribution in [1.29, 1.82) is 0 Å². The summed E-state index contributed by atoms with van der Waals surface area (Å²) in [6.07, 6.45) is 7.38. The van der Waals surface area contributed by atoms with Crippen LogP contribution in [0.15, 0.2) is 43.0 Å². The molecule has 1 fully saturated rings. The Morgan fingerprint density at radius 2 is 2.17 bits per heavy atom. The first-order valence-corrected chi connectivity index (χ1v) is 8.32. The van der Waals surface area contributed by atoms with Crippen molar-refractivity contribution in [3.05, 3.63) is 43.0 Å². The largest absolute Gasteiger partial charge is 0.491 e. The van der Waals surface area contributed by atoms with Crippen molar-refractivity contribution in [3.63, 3.8) is 0 Å². The van der Waals surface area contributed by atoms with E-state index in [2.05, 4.69) is 16.8 Å². The van der Waals surface area contributed by atoms with Gasteiger partial charge in [0.05, 0.1) is 12.0 Å². The van der Waals surface area contributed by atoms with Crippen molar-refractivity contribution < 1.29 is 9.84 Å². The number of piperidine rings is 1. The van der Waals surface area contributed by atoms with Crippen LogP contribution in [-0.4, -0.2) is 51.9 Å². The first-order chi connectivity index (χ1) is 11.2. The normalized spacial score (nSPS) is 18.0. The number of β-amino-alcohol motifs (C(OH)–C–C–N with tert-alkyl or cyclic N) is 1. The van der Waals surface area contributed by atoms with E-state index < -0.39 is 6.10 Å². The fraction of sp³-hybridized carbons (Fsp3) is 0.500. The van der Waals surface area contributed by atoms with E-state index in [1.54, 1.807) is 12.5 Å². The summed E-state index contributed by atoms with van der Waals surface area (Å²) in [6.45, 7) is 5.46. The molecule has 5 heteroatoms. The standard InChI is InChI=1S/C18H25N3O2/c1-15-5-8-20(9-6-15)12-17(22)13-23-18-4-2-3-16(11-18)21-10-7-19-14-21/h2-4,7,10-11,14-15,17,22H,5-6,8-9,12-13H2,1H3. The van der Waals surface area contributed by atoms with Crippen LogP contribution in [-0.2, 0) is 0 Å². The zero-order valence-electron chi connectivity index (χ0n) is 13.6. The van der Waals surface area contributed by atoms with Crippen LogP contribution in [0.2, 0.25) is 0 Å². The summed E-state index contributed by atoms with van der Waals surface area (Å²) < 4.78 is 7.69. The molecule has 0 radical (unpaired) electrons. The summed E-state index contributed by atoms with van der Waals surface area (Å²) in [5.74, 6) is 1.58. The SMILES string of the molecule is CC1CCN(CC(O)COc2cccc(-n3ccnc3)c2)CC1. The molecule has 2 aromatic rings. The van der Waals surface area contributed by atoms with Crippen molar-refractivity contribution in [1.82, 2.24) is 14.5 Å². The molecule has 2 heterocycles. The van der Waals surface area contributed by atoms with Crippen LogP contribution in [0.3, 0.4) is 0 Å². The predicted octanol–water partition coefficient (Wildman–Crippen LogP) is 2.34. The summed E-state index contributed by atoms with van der Waals surface area (Å²) >= 11 is 0. The number of aliphatic hydroxyl groups is 1. The molecular formula is C18H25N3O2. The molecule has 0 saturated carbocycles. The van der Waals surface area contributed by atoms with Crippen LogP contribution in [0.25, 0.3) is 5.69 Å². The highest BCUT2D eigenvalue weighted by Crippen LogP contribution is 2.18. The molecule has 1 unspecified atom stereocenters. The van der Waals surface area contributed by atoms with E-state index in [9.17, 15) is 5.11 Å². The van der Waals surface area contributed by atoms with Crippen molar-refractivity contribution in [2.24, 2.45) is 5.92 Å². The lowest BCUT2D eigenvalue weighted by molar-refractivity contribution is 0.0563. The number of hydrogen-bond donors (Lipinski definition) is 1. The van der Waals surface area contributed by atoms with Gasteiger partial charge in [-0.3, -0.25) is 0 Å². The maximum absolute atomic E-state index is 10.2. The highest BCUT2D eigenvalue weighted by atomic mass is 16.5. The number of nitrogens with zero attached hydrogens (tertiary/aromatic N) is 3. The molecule has 23 heavy (non-hydrogen) atoms. The van der Waals surface area contributed by atoms with E-state index >= 15 is 0 Å². The molecule has 0 amide bonds. The van der Waals surface area contributed by atoms with Crippen molar-refractivity contribution in [3.8, 4) is 11.4 Å². The van der Waals surface area contributed by atoms with Crippen LogP contribution in [0.5, 0.6) is 5.75 Å². The monoisotopic (exact) mass is 315 g/mol. The van der Waals surface area contributed by atoms with Crippen molar-refractivity contribution >= 4 is 0 Å². The minimum absolute atomic E-state index is 0.319. The number of imidazole rings is 1. The van der Waals surface area contributed by atoms with Gasteiger partial charge in [-0.05, 0) is 44.0 Å². The minimum atomic E-state index is -0.458. The fourth-order valence-electron chi connectivity index (χ4n) is 2.93. The lowest BCUT2D eigenvalue weighted by Gasteiger charge is -2.31. The molecule has 124 valence electrons. The Morgan fingerprint density at radius 1 is 1.35 bits per heavy atom. The Labute approximate surface area is 137 Å². The number of aromatic nitrogens is 2. The van der Waals surface area contributed by atoms with Gasteiger partial charge in [0.15, 0.2) is 0 Å². The third kappa shape index (κ3) is 4.56. The van der Waals surface area contributed by atoms with Gasteiger partial charge in [-0.2, -0.15) is 0 Å². The second-order valence-corrected chi connectivity index (χ2v) is 6.42. The molecule has 0 bridgehead atoms. The third-order valence-corrected chi connectivity index (χ3v) is 4.41. The maximum atomic E-state index is 10.2. The van der Waals surface area contributed by atoms with Gasteiger partial charge in [0.25, 0.3) is 0 Å². The first-order valence-electron chi connectivity index (χ1n) is 8.32. The topological polar surface area (TPSA) is 50.5 Å². The molecule has 5 nitrogen and oxygen atoms in total. The lowest BCUT2D eigenvalue weighted by atomic mass is 9.99. The third-order valence-electron chi connectivity index (χ3n) is 4.41.